The van der Waals surface area contributed by atoms with E-state index in [1.54, 1.807) is 32.2 Å². The maximum absolute atomic E-state index is 15.0. The van der Waals surface area contributed by atoms with E-state index in [1.165, 1.54) is 18.3 Å². The SMILES string of the molecule is COc1cccc(C(C)NC(=O)C(CO)N2Cc3c(F)cc(-c4nc(Cl)ncc4Cl)cc3C2=O)c1. The molecule has 2 atom stereocenters. The third-order valence-electron chi connectivity index (χ3n) is 5.81. The van der Waals surface area contributed by atoms with Crippen molar-refractivity contribution in [1.82, 2.24) is 20.2 Å². The molecule has 11 heteroatoms. The summed E-state index contributed by atoms with van der Waals surface area (Å²) in [4.78, 5) is 35.1. The van der Waals surface area contributed by atoms with Gasteiger partial charge in [-0.2, -0.15) is 0 Å². The Morgan fingerprint density at radius 3 is 2.80 bits per heavy atom. The van der Waals surface area contributed by atoms with Gasteiger partial charge in [-0.25, -0.2) is 14.4 Å². The minimum Gasteiger partial charge on any atom is -0.497 e. The van der Waals surface area contributed by atoms with Crippen LogP contribution in [0.15, 0.2) is 42.6 Å². The fraction of sp³-hybridized carbons (Fsp3) is 0.250. The zero-order chi connectivity index (χ0) is 25.3. The highest BCUT2D eigenvalue weighted by Crippen LogP contribution is 2.34. The topological polar surface area (TPSA) is 105 Å². The van der Waals surface area contributed by atoms with Crippen molar-refractivity contribution < 1.29 is 23.8 Å². The van der Waals surface area contributed by atoms with Crippen molar-refractivity contribution in [3.05, 3.63) is 75.4 Å². The molecule has 2 amide bonds. The molecule has 3 aromatic rings. The number of nitrogens with one attached hydrogen (secondary N) is 1. The summed E-state index contributed by atoms with van der Waals surface area (Å²) in [6.45, 7) is 0.952. The molecule has 1 aliphatic rings. The Bertz CT molecular complexity index is 1310. The Morgan fingerprint density at radius 1 is 1.31 bits per heavy atom. The van der Waals surface area contributed by atoms with Crippen molar-refractivity contribution in [2.24, 2.45) is 0 Å². The summed E-state index contributed by atoms with van der Waals surface area (Å²) in [5, 5.41) is 12.8. The Hall–Kier alpha value is -3.27. The number of carbonyl (C=O) groups is 2. The van der Waals surface area contributed by atoms with Crippen LogP contribution in [-0.2, 0) is 11.3 Å². The van der Waals surface area contributed by atoms with E-state index in [2.05, 4.69) is 15.3 Å². The number of fused-ring (bicyclic) bond motifs is 1. The molecule has 0 aliphatic carbocycles. The minimum absolute atomic E-state index is 0.0536. The highest BCUT2D eigenvalue weighted by molar-refractivity contribution is 6.33. The number of aromatic nitrogens is 2. The van der Waals surface area contributed by atoms with Gasteiger partial charge < -0.3 is 20.1 Å². The summed E-state index contributed by atoms with van der Waals surface area (Å²) in [5.41, 5.74) is 1.35. The average molecular weight is 519 g/mol. The number of nitrogens with zero attached hydrogens (tertiary/aromatic N) is 3. The van der Waals surface area contributed by atoms with Crippen molar-refractivity contribution in [3.8, 4) is 17.0 Å². The standard InChI is InChI=1S/C24H21Cl2FN4O4/c1-12(13-4-3-5-15(6-13)35-2)29-22(33)20(11-32)31-10-17-16(23(31)34)7-14(8-19(17)27)21-18(25)9-28-24(26)30-21/h3-9,12,20,32H,10-11H2,1-2H3,(H,29,33). The maximum atomic E-state index is 15.0. The van der Waals surface area contributed by atoms with Gasteiger partial charge in [0, 0.05) is 16.7 Å². The molecular weight excluding hydrogens is 498 g/mol. The number of amides is 2. The second-order valence-corrected chi connectivity index (χ2v) is 8.70. The third kappa shape index (κ3) is 4.93. The van der Waals surface area contributed by atoms with Crippen LogP contribution in [0.4, 0.5) is 4.39 Å². The Balaban J connectivity index is 1.58. The van der Waals surface area contributed by atoms with Gasteiger partial charge in [-0.1, -0.05) is 23.7 Å². The molecule has 8 nitrogen and oxygen atoms in total. The first-order chi connectivity index (χ1) is 16.7. The lowest BCUT2D eigenvalue weighted by Gasteiger charge is -2.27. The quantitative estimate of drug-likeness (QED) is 0.461. The third-order valence-corrected chi connectivity index (χ3v) is 6.27. The molecule has 0 fully saturated rings. The fourth-order valence-electron chi connectivity index (χ4n) is 3.95. The predicted molar refractivity (Wildman–Crippen MR) is 128 cm³/mol. The largest absolute Gasteiger partial charge is 0.497 e. The summed E-state index contributed by atoms with van der Waals surface area (Å²) in [6, 6.07) is 8.15. The Kier molecular flexibility index (Phi) is 7.20. The van der Waals surface area contributed by atoms with E-state index >= 15 is 4.39 Å². The van der Waals surface area contributed by atoms with Gasteiger partial charge in [0.1, 0.15) is 17.6 Å². The molecule has 1 aliphatic heterocycles. The van der Waals surface area contributed by atoms with Crippen LogP contribution in [0.25, 0.3) is 11.3 Å². The molecule has 2 N–H and O–H groups in total. The van der Waals surface area contributed by atoms with Crippen molar-refractivity contribution in [1.29, 1.82) is 0 Å². The molecule has 1 aromatic heterocycles. The minimum atomic E-state index is -1.22. The molecule has 0 spiro atoms. The van der Waals surface area contributed by atoms with Gasteiger partial charge in [0.25, 0.3) is 5.91 Å². The highest BCUT2D eigenvalue weighted by Gasteiger charge is 2.38. The van der Waals surface area contributed by atoms with E-state index in [-0.39, 0.29) is 39.2 Å². The van der Waals surface area contributed by atoms with Gasteiger partial charge in [-0.05, 0) is 48.4 Å². The first-order valence-electron chi connectivity index (χ1n) is 10.6. The van der Waals surface area contributed by atoms with Gasteiger partial charge in [0.15, 0.2) is 0 Å². The number of halogens is 3. The lowest BCUT2D eigenvalue weighted by molar-refractivity contribution is -0.127. The van der Waals surface area contributed by atoms with Crippen molar-refractivity contribution in [3.63, 3.8) is 0 Å². The lowest BCUT2D eigenvalue weighted by Crippen LogP contribution is -2.49. The molecule has 0 radical (unpaired) electrons. The smallest absolute Gasteiger partial charge is 0.255 e. The van der Waals surface area contributed by atoms with Gasteiger partial charge in [0.05, 0.1) is 43.2 Å². The Labute approximate surface area is 210 Å². The molecule has 2 unspecified atom stereocenters. The second kappa shape index (κ2) is 10.2. The number of methoxy groups -OCH3 is 1. The summed E-state index contributed by atoms with van der Waals surface area (Å²) in [7, 11) is 1.54. The van der Waals surface area contributed by atoms with E-state index in [1.807, 2.05) is 6.07 Å². The lowest BCUT2D eigenvalue weighted by atomic mass is 10.0. The van der Waals surface area contributed by atoms with E-state index in [0.29, 0.717) is 5.75 Å². The first-order valence-corrected chi connectivity index (χ1v) is 11.4. The molecule has 182 valence electrons. The van der Waals surface area contributed by atoms with Crippen molar-refractivity contribution in [2.45, 2.75) is 25.6 Å². The van der Waals surface area contributed by atoms with Crippen LogP contribution >= 0.6 is 23.2 Å². The number of aliphatic hydroxyl groups is 1. The van der Waals surface area contributed by atoms with Gasteiger partial charge in [-0.3, -0.25) is 9.59 Å². The molecular formula is C24H21Cl2FN4O4. The predicted octanol–water partition coefficient (Wildman–Crippen LogP) is 3.79. The number of carbonyl (C=O) groups excluding carboxylic acids is 2. The summed E-state index contributed by atoms with van der Waals surface area (Å²) in [6.07, 6.45) is 1.28. The number of hydrogen-bond acceptors (Lipinski definition) is 6. The molecule has 2 aromatic carbocycles. The van der Waals surface area contributed by atoms with E-state index < -0.39 is 36.3 Å². The summed E-state index contributed by atoms with van der Waals surface area (Å²) < 4.78 is 20.2. The average Bonchev–Trinajstić information content (AvgIpc) is 3.17. The van der Waals surface area contributed by atoms with Gasteiger partial charge >= 0.3 is 0 Å². The monoisotopic (exact) mass is 518 g/mol. The van der Waals surface area contributed by atoms with Crippen molar-refractivity contribution >= 4 is 35.0 Å². The molecule has 2 heterocycles. The first kappa shape index (κ1) is 24.8. The van der Waals surface area contributed by atoms with Crippen molar-refractivity contribution in [2.75, 3.05) is 13.7 Å². The van der Waals surface area contributed by atoms with Crippen LogP contribution in [0, 0.1) is 5.82 Å². The molecule has 0 bridgehead atoms. The van der Waals surface area contributed by atoms with Crippen LogP contribution in [-0.4, -0.2) is 51.5 Å². The van der Waals surface area contributed by atoms with E-state index in [4.69, 9.17) is 27.9 Å². The molecule has 0 saturated heterocycles. The fourth-order valence-corrected chi connectivity index (χ4v) is 4.28. The van der Waals surface area contributed by atoms with Crippen LogP contribution in [0.3, 0.4) is 0 Å². The summed E-state index contributed by atoms with van der Waals surface area (Å²) >= 11 is 12.0. The number of ether oxygens (including phenoxy) is 1. The number of aliphatic hydroxyl groups excluding tert-OH is 1. The number of rotatable bonds is 7. The second-order valence-electron chi connectivity index (χ2n) is 7.96. The zero-order valence-corrected chi connectivity index (χ0v) is 20.3. The van der Waals surface area contributed by atoms with Crippen LogP contribution < -0.4 is 10.1 Å². The van der Waals surface area contributed by atoms with Gasteiger partial charge in [0.2, 0.25) is 11.2 Å². The normalized spacial score (nSPS) is 14.5. The maximum Gasteiger partial charge on any atom is 0.255 e. The van der Waals surface area contributed by atoms with E-state index in [0.717, 1.165) is 10.5 Å². The zero-order valence-electron chi connectivity index (χ0n) is 18.8. The van der Waals surface area contributed by atoms with E-state index in [9.17, 15) is 14.7 Å². The van der Waals surface area contributed by atoms with Gasteiger partial charge in [-0.15, -0.1) is 0 Å². The highest BCUT2D eigenvalue weighted by atomic mass is 35.5. The number of hydrogen-bond donors (Lipinski definition) is 2. The van der Waals surface area contributed by atoms with Crippen LogP contribution in [0.1, 0.15) is 34.5 Å². The molecule has 0 saturated carbocycles. The number of benzene rings is 2. The molecule has 4 rings (SSSR count). The van der Waals surface area contributed by atoms with Crippen LogP contribution in [0.5, 0.6) is 5.75 Å². The van der Waals surface area contributed by atoms with Crippen LogP contribution in [0.2, 0.25) is 10.3 Å². The summed E-state index contributed by atoms with van der Waals surface area (Å²) in [5.74, 6) is -1.21. The molecule has 35 heavy (non-hydrogen) atoms. The Morgan fingerprint density at radius 2 is 2.09 bits per heavy atom.